The molecule has 4 rings (SSSR count). The van der Waals surface area contributed by atoms with Gasteiger partial charge in [-0.05, 0) is 45.6 Å². The zero-order chi connectivity index (χ0) is 13.1. The fraction of sp³-hybridized carbons (Fsp3) is 0.625. The van der Waals surface area contributed by atoms with Gasteiger partial charge in [-0.1, -0.05) is 0 Å². The van der Waals surface area contributed by atoms with Gasteiger partial charge in [-0.25, -0.2) is 0 Å². The normalized spacial score (nSPS) is 22.3. The first kappa shape index (κ1) is 11.4. The van der Waals surface area contributed by atoms with Crippen molar-refractivity contribution in [3.8, 4) is 0 Å². The number of aromatic nitrogens is 1. The average Bonchev–Trinajstić information content (AvgIpc) is 3.26. The van der Waals surface area contributed by atoms with Crippen LogP contribution in [0.1, 0.15) is 78.7 Å². The zero-order valence-corrected chi connectivity index (χ0v) is 11.6. The van der Waals surface area contributed by atoms with E-state index >= 15 is 0 Å². The lowest BCUT2D eigenvalue weighted by Crippen LogP contribution is -2.30. The minimum atomic E-state index is 0.219. The molecule has 1 aromatic heterocycles. The van der Waals surface area contributed by atoms with E-state index in [0.29, 0.717) is 11.8 Å². The van der Waals surface area contributed by atoms with Crippen LogP contribution in [0.25, 0.3) is 0 Å². The number of amides is 1. The van der Waals surface area contributed by atoms with Crippen LogP contribution in [0.3, 0.4) is 0 Å². The van der Waals surface area contributed by atoms with Gasteiger partial charge >= 0.3 is 0 Å². The summed E-state index contributed by atoms with van der Waals surface area (Å²) < 4.78 is 0. The van der Waals surface area contributed by atoms with Crippen molar-refractivity contribution in [1.82, 2.24) is 9.88 Å². The van der Waals surface area contributed by atoms with E-state index in [2.05, 4.69) is 19.9 Å². The number of hydrogen-bond acceptors (Lipinski definition) is 2. The van der Waals surface area contributed by atoms with Crippen LogP contribution in [0.4, 0.5) is 0 Å². The number of fused-ring (bicyclic) bond motifs is 1. The van der Waals surface area contributed by atoms with E-state index in [1.165, 1.54) is 42.6 Å². The second-order valence-electron chi connectivity index (χ2n) is 6.53. The minimum absolute atomic E-state index is 0.219. The number of rotatable bonds is 3. The van der Waals surface area contributed by atoms with Gasteiger partial charge in [-0.2, -0.15) is 0 Å². The Morgan fingerprint density at radius 2 is 1.89 bits per heavy atom. The standard InChI is InChI=1S/C16H20N2O/c1-9(2)18-8-13-12(16(18)19)7-14(10-3-4-10)17-15(13)11-5-6-11/h7,9-11H,3-6,8H2,1-2H3. The molecule has 0 saturated heterocycles. The van der Waals surface area contributed by atoms with Crippen LogP contribution in [0.5, 0.6) is 0 Å². The quantitative estimate of drug-likeness (QED) is 0.832. The molecule has 2 heterocycles. The molecule has 1 amide bonds. The van der Waals surface area contributed by atoms with Gasteiger partial charge in [0.2, 0.25) is 0 Å². The smallest absolute Gasteiger partial charge is 0.254 e. The lowest BCUT2D eigenvalue weighted by Gasteiger charge is -2.19. The predicted octanol–water partition coefficient (Wildman–Crippen LogP) is 3.20. The zero-order valence-electron chi connectivity index (χ0n) is 11.6. The maximum absolute atomic E-state index is 12.5. The third kappa shape index (κ3) is 1.78. The molecule has 1 aliphatic heterocycles. The molecule has 1 aromatic rings. The molecule has 0 bridgehead atoms. The second-order valence-corrected chi connectivity index (χ2v) is 6.53. The highest BCUT2D eigenvalue weighted by molar-refractivity contribution is 5.99. The van der Waals surface area contributed by atoms with E-state index in [-0.39, 0.29) is 11.9 Å². The number of hydrogen-bond donors (Lipinski definition) is 0. The molecular formula is C16H20N2O. The minimum Gasteiger partial charge on any atom is -0.332 e. The highest BCUT2D eigenvalue weighted by Gasteiger charge is 2.38. The molecule has 19 heavy (non-hydrogen) atoms. The van der Waals surface area contributed by atoms with Gasteiger partial charge in [-0.15, -0.1) is 0 Å². The molecule has 0 N–H and O–H groups in total. The van der Waals surface area contributed by atoms with Crippen LogP contribution in [0.2, 0.25) is 0 Å². The molecule has 2 saturated carbocycles. The topological polar surface area (TPSA) is 33.2 Å². The van der Waals surface area contributed by atoms with Crippen molar-refractivity contribution in [2.24, 2.45) is 0 Å². The summed E-state index contributed by atoms with van der Waals surface area (Å²) in [4.78, 5) is 19.4. The molecule has 3 heteroatoms. The molecule has 2 fully saturated rings. The van der Waals surface area contributed by atoms with E-state index in [1.807, 2.05) is 4.90 Å². The van der Waals surface area contributed by atoms with Gasteiger partial charge in [0.1, 0.15) is 0 Å². The van der Waals surface area contributed by atoms with Gasteiger partial charge in [0.25, 0.3) is 5.91 Å². The maximum atomic E-state index is 12.5. The monoisotopic (exact) mass is 256 g/mol. The third-order valence-corrected chi connectivity index (χ3v) is 4.58. The van der Waals surface area contributed by atoms with Crippen molar-refractivity contribution in [2.75, 3.05) is 0 Å². The summed E-state index contributed by atoms with van der Waals surface area (Å²) in [5, 5.41) is 0. The van der Waals surface area contributed by atoms with Crippen molar-refractivity contribution < 1.29 is 4.79 Å². The molecule has 0 spiro atoms. The molecule has 0 aromatic carbocycles. The summed E-state index contributed by atoms with van der Waals surface area (Å²) in [7, 11) is 0. The SMILES string of the molecule is CC(C)N1Cc2c(cc(C3CC3)nc2C2CC2)C1=O. The van der Waals surface area contributed by atoms with Gasteiger partial charge in [-0.3, -0.25) is 9.78 Å². The van der Waals surface area contributed by atoms with Crippen LogP contribution in [0.15, 0.2) is 6.07 Å². The van der Waals surface area contributed by atoms with Crippen LogP contribution in [0, 0.1) is 0 Å². The van der Waals surface area contributed by atoms with Gasteiger partial charge in [0.15, 0.2) is 0 Å². The van der Waals surface area contributed by atoms with E-state index < -0.39 is 0 Å². The molecule has 3 nitrogen and oxygen atoms in total. The highest BCUT2D eigenvalue weighted by Crippen LogP contribution is 2.46. The first-order valence-electron chi connectivity index (χ1n) is 7.50. The van der Waals surface area contributed by atoms with Crippen LogP contribution < -0.4 is 0 Å². The highest BCUT2D eigenvalue weighted by atomic mass is 16.2. The van der Waals surface area contributed by atoms with Gasteiger partial charge < -0.3 is 4.90 Å². The number of carbonyl (C=O) groups is 1. The number of pyridine rings is 1. The first-order valence-corrected chi connectivity index (χ1v) is 7.50. The molecule has 2 aliphatic carbocycles. The summed E-state index contributed by atoms with van der Waals surface area (Å²) in [6.45, 7) is 4.96. The Labute approximate surface area is 114 Å². The Morgan fingerprint density at radius 1 is 1.21 bits per heavy atom. The molecular weight excluding hydrogens is 236 g/mol. The number of nitrogens with zero attached hydrogens (tertiary/aromatic N) is 2. The summed E-state index contributed by atoms with van der Waals surface area (Å²) in [5.74, 6) is 1.48. The number of carbonyl (C=O) groups excluding carboxylic acids is 1. The van der Waals surface area contributed by atoms with Crippen molar-refractivity contribution in [2.45, 2.75) is 64.0 Å². The summed E-state index contributed by atoms with van der Waals surface area (Å²) in [5.41, 5.74) is 4.61. The van der Waals surface area contributed by atoms with Crippen LogP contribution in [-0.2, 0) is 6.54 Å². The Morgan fingerprint density at radius 3 is 2.47 bits per heavy atom. The van der Waals surface area contributed by atoms with Gasteiger partial charge in [0, 0.05) is 46.9 Å². The molecule has 100 valence electrons. The Hall–Kier alpha value is -1.38. The molecule has 0 radical (unpaired) electrons. The lowest BCUT2D eigenvalue weighted by atomic mass is 10.0. The second kappa shape index (κ2) is 3.81. The largest absolute Gasteiger partial charge is 0.332 e. The molecule has 3 aliphatic rings. The fourth-order valence-electron chi connectivity index (χ4n) is 3.07. The summed E-state index contributed by atoms with van der Waals surface area (Å²) in [6, 6.07) is 2.36. The van der Waals surface area contributed by atoms with Crippen molar-refractivity contribution in [3.63, 3.8) is 0 Å². The first-order chi connectivity index (χ1) is 9.15. The van der Waals surface area contributed by atoms with E-state index in [0.717, 1.165) is 12.1 Å². The molecule has 0 atom stereocenters. The van der Waals surface area contributed by atoms with Gasteiger partial charge in [0.05, 0.1) is 0 Å². The van der Waals surface area contributed by atoms with Crippen molar-refractivity contribution in [3.05, 3.63) is 28.6 Å². The third-order valence-electron chi connectivity index (χ3n) is 4.58. The van der Waals surface area contributed by atoms with Crippen molar-refractivity contribution in [1.29, 1.82) is 0 Å². The van der Waals surface area contributed by atoms with E-state index in [9.17, 15) is 4.79 Å². The lowest BCUT2D eigenvalue weighted by molar-refractivity contribution is 0.0730. The van der Waals surface area contributed by atoms with Crippen molar-refractivity contribution >= 4 is 5.91 Å². The van der Waals surface area contributed by atoms with E-state index in [4.69, 9.17) is 4.98 Å². The summed E-state index contributed by atoms with van der Waals surface area (Å²) in [6.07, 6.45) is 5.00. The fourth-order valence-corrected chi connectivity index (χ4v) is 3.07. The average molecular weight is 256 g/mol. The maximum Gasteiger partial charge on any atom is 0.254 e. The van der Waals surface area contributed by atoms with E-state index in [1.54, 1.807) is 0 Å². The Balaban J connectivity index is 1.81. The predicted molar refractivity (Wildman–Crippen MR) is 73.2 cm³/mol. The summed E-state index contributed by atoms with van der Waals surface area (Å²) >= 11 is 0. The van der Waals surface area contributed by atoms with Crippen LogP contribution >= 0.6 is 0 Å². The Kier molecular flexibility index (Phi) is 2.30. The Bertz CT molecular complexity index is 556. The van der Waals surface area contributed by atoms with Crippen LogP contribution in [-0.4, -0.2) is 21.8 Å². The molecule has 0 unspecified atom stereocenters.